The normalized spacial score (nSPS) is 20.2. The second-order valence-electron chi connectivity index (χ2n) is 6.33. The summed E-state index contributed by atoms with van der Waals surface area (Å²) in [5.74, 6) is 0.173. The minimum atomic E-state index is -0.810. The van der Waals surface area contributed by atoms with Crippen LogP contribution in [0.4, 0.5) is 5.69 Å². The highest BCUT2D eigenvalue weighted by atomic mass is 35.5. The molecule has 1 aliphatic rings. The number of ketones is 1. The van der Waals surface area contributed by atoms with Crippen molar-refractivity contribution in [2.75, 3.05) is 12.4 Å². The van der Waals surface area contributed by atoms with Crippen LogP contribution in [0, 0.1) is 0 Å². The molecule has 3 nitrogen and oxygen atoms in total. The summed E-state index contributed by atoms with van der Waals surface area (Å²) in [6.45, 7) is 0. The number of nitrogens with zero attached hydrogens (tertiary/aromatic N) is 1. The largest absolute Gasteiger partial charge is 0.335 e. The molecule has 130 valence electrons. The van der Waals surface area contributed by atoms with Gasteiger partial charge in [-0.1, -0.05) is 48.0 Å². The first kappa shape index (κ1) is 17.9. The number of carbonyl (C=O) groups is 1. The molecule has 0 aromatic heterocycles. The number of halogens is 1. The molecular formula is C20H21ClN2OS. The molecule has 1 aliphatic carbocycles. The zero-order valence-corrected chi connectivity index (χ0v) is 15.7. The van der Waals surface area contributed by atoms with E-state index in [0.29, 0.717) is 23.0 Å². The molecule has 3 rings (SSSR count). The maximum atomic E-state index is 13.1. The standard InChI is InChI=1S/C20H21ClN2OS/c1-23(19(25)22-15-9-3-2-4-10-15)20(14-8-7-13-18(20)24)16-11-5-6-12-17(16)21/h2-6,9-12H,7-8,13-14H2,1H3,(H,22,25). The Balaban J connectivity index is 1.98. The number of hydrogen-bond acceptors (Lipinski definition) is 2. The molecule has 0 bridgehead atoms. The van der Waals surface area contributed by atoms with Crippen molar-refractivity contribution in [2.45, 2.75) is 31.2 Å². The Bertz CT molecular complexity index is 780. The molecule has 1 atom stereocenters. The van der Waals surface area contributed by atoms with Gasteiger partial charge >= 0.3 is 0 Å². The van der Waals surface area contributed by atoms with E-state index in [4.69, 9.17) is 23.8 Å². The van der Waals surface area contributed by atoms with Crippen LogP contribution in [0.2, 0.25) is 5.02 Å². The first-order valence-corrected chi connectivity index (χ1v) is 9.22. The number of thiocarbonyl (C=S) groups is 1. The van der Waals surface area contributed by atoms with Crippen LogP contribution in [0.15, 0.2) is 54.6 Å². The average molecular weight is 373 g/mol. The molecule has 2 aromatic carbocycles. The molecule has 2 aromatic rings. The van der Waals surface area contributed by atoms with Gasteiger partial charge in [-0.15, -0.1) is 0 Å². The van der Waals surface area contributed by atoms with Crippen LogP contribution in [-0.2, 0) is 10.3 Å². The number of anilines is 1. The van der Waals surface area contributed by atoms with Gasteiger partial charge in [-0.2, -0.15) is 0 Å². The molecule has 0 radical (unpaired) electrons. The van der Waals surface area contributed by atoms with Crippen molar-refractivity contribution in [3.63, 3.8) is 0 Å². The van der Waals surface area contributed by atoms with Gasteiger partial charge in [0, 0.05) is 29.7 Å². The molecule has 0 amide bonds. The molecule has 1 unspecified atom stereocenters. The van der Waals surface area contributed by atoms with Crippen LogP contribution in [-0.4, -0.2) is 22.8 Å². The third-order valence-corrected chi connectivity index (χ3v) is 5.58. The van der Waals surface area contributed by atoms with Gasteiger partial charge in [0.25, 0.3) is 0 Å². The Labute approximate surface area is 159 Å². The molecule has 0 heterocycles. The highest BCUT2D eigenvalue weighted by molar-refractivity contribution is 7.80. The van der Waals surface area contributed by atoms with Crippen molar-refractivity contribution in [3.05, 3.63) is 65.2 Å². The number of carbonyl (C=O) groups excluding carboxylic acids is 1. The fourth-order valence-corrected chi connectivity index (χ4v) is 4.10. The number of Topliss-reactive ketones (excluding diaryl/α,β-unsaturated/α-hetero) is 1. The third-order valence-electron chi connectivity index (χ3n) is 4.88. The van der Waals surface area contributed by atoms with Gasteiger partial charge in [0.1, 0.15) is 5.54 Å². The maximum Gasteiger partial charge on any atom is 0.174 e. The summed E-state index contributed by atoms with van der Waals surface area (Å²) >= 11 is 12.1. The zero-order chi connectivity index (χ0) is 17.9. The van der Waals surface area contributed by atoms with E-state index in [1.54, 1.807) is 0 Å². The summed E-state index contributed by atoms with van der Waals surface area (Å²) in [7, 11) is 1.88. The first-order chi connectivity index (χ1) is 12.1. The van der Waals surface area contributed by atoms with Crippen molar-refractivity contribution in [3.8, 4) is 0 Å². The highest BCUT2D eigenvalue weighted by Gasteiger charge is 2.47. The van der Waals surface area contributed by atoms with Crippen molar-refractivity contribution in [2.24, 2.45) is 0 Å². The predicted molar refractivity (Wildman–Crippen MR) is 107 cm³/mol. The zero-order valence-electron chi connectivity index (χ0n) is 14.2. The summed E-state index contributed by atoms with van der Waals surface area (Å²) in [6.07, 6.45) is 3.14. The van der Waals surface area contributed by atoms with E-state index in [1.807, 2.05) is 66.5 Å². The van der Waals surface area contributed by atoms with Crippen LogP contribution in [0.5, 0.6) is 0 Å². The summed E-state index contributed by atoms with van der Waals surface area (Å²) in [5.41, 5.74) is 0.924. The Morgan fingerprint density at radius 2 is 1.80 bits per heavy atom. The summed E-state index contributed by atoms with van der Waals surface area (Å²) < 4.78 is 0. The van der Waals surface area contributed by atoms with Crippen molar-refractivity contribution in [1.29, 1.82) is 0 Å². The van der Waals surface area contributed by atoms with Crippen molar-refractivity contribution < 1.29 is 4.79 Å². The monoisotopic (exact) mass is 372 g/mol. The molecule has 5 heteroatoms. The number of para-hydroxylation sites is 1. The van der Waals surface area contributed by atoms with E-state index in [9.17, 15) is 4.79 Å². The van der Waals surface area contributed by atoms with E-state index in [2.05, 4.69) is 5.32 Å². The Morgan fingerprint density at radius 3 is 2.48 bits per heavy atom. The number of likely N-dealkylation sites (N-methyl/N-ethyl adjacent to an activating group) is 1. The second kappa shape index (κ2) is 7.54. The lowest BCUT2D eigenvalue weighted by Gasteiger charge is -2.45. The molecule has 0 spiro atoms. The van der Waals surface area contributed by atoms with Gasteiger partial charge in [0.2, 0.25) is 0 Å². The molecule has 1 fully saturated rings. The summed E-state index contributed by atoms with van der Waals surface area (Å²) in [5, 5.41) is 4.35. The lowest BCUT2D eigenvalue weighted by atomic mass is 9.74. The van der Waals surface area contributed by atoms with E-state index >= 15 is 0 Å². The highest BCUT2D eigenvalue weighted by Crippen LogP contribution is 2.42. The van der Waals surface area contributed by atoms with Crippen LogP contribution in [0.3, 0.4) is 0 Å². The maximum absolute atomic E-state index is 13.1. The van der Waals surface area contributed by atoms with Gasteiger partial charge in [-0.05, 0) is 49.7 Å². The molecule has 1 saturated carbocycles. The van der Waals surface area contributed by atoms with E-state index in [0.717, 1.165) is 24.1 Å². The molecule has 1 N–H and O–H groups in total. The third kappa shape index (κ3) is 3.42. The van der Waals surface area contributed by atoms with E-state index < -0.39 is 5.54 Å². The second-order valence-corrected chi connectivity index (χ2v) is 7.12. The molecule has 0 aliphatic heterocycles. The number of benzene rings is 2. The van der Waals surface area contributed by atoms with E-state index in [-0.39, 0.29) is 5.78 Å². The summed E-state index contributed by atoms with van der Waals surface area (Å²) in [4.78, 5) is 15.0. The van der Waals surface area contributed by atoms with Crippen LogP contribution in [0.25, 0.3) is 0 Å². The van der Waals surface area contributed by atoms with Crippen molar-refractivity contribution >= 4 is 40.4 Å². The predicted octanol–water partition coefficient (Wildman–Crippen LogP) is 5.01. The van der Waals surface area contributed by atoms with Gasteiger partial charge in [-0.3, -0.25) is 4.79 Å². The van der Waals surface area contributed by atoms with Crippen LogP contribution >= 0.6 is 23.8 Å². The minimum Gasteiger partial charge on any atom is -0.335 e. The van der Waals surface area contributed by atoms with Crippen molar-refractivity contribution in [1.82, 2.24) is 4.90 Å². The Kier molecular flexibility index (Phi) is 5.40. The SMILES string of the molecule is CN(C(=S)Nc1ccccc1)C1(c2ccccc2Cl)CCCCC1=O. The number of nitrogens with one attached hydrogen (secondary N) is 1. The summed E-state index contributed by atoms with van der Waals surface area (Å²) in [6, 6.07) is 17.3. The van der Waals surface area contributed by atoms with Crippen LogP contribution in [0.1, 0.15) is 31.2 Å². The molecule has 25 heavy (non-hydrogen) atoms. The van der Waals surface area contributed by atoms with Gasteiger partial charge in [0.15, 0.2) is 10.9 Å². The minimum absolute atomic E-state index is 0.173. The fourth-order valence-electron chi connectivity index (χ4n) is 3.53. The smallest absolute Gasteiger partial charge is 0.174 e. The molecular weight excluding hydrogens is 352 g/mol. The average Bonchev–Trinajstić information content (AvgIpc) is 2.63. The van der Waals surface area contributed by atoms with Gasteiger partial charge in [-0.25, -0.2) is 0 Å². The topological polar surface area (TPSA) is 32.3 Å². The number of hydrogen-bond donors (Lipinski definition) is 1. The van der Waals surface area contributed by atoms with Gasteiger partial charge in [0.05, 0.1) is 0 Å². The lowest BCUT2D eigenvalue weighted by Crippen LogP contribution is -2.55. The van der Waals surface area contributed by atoms with Crippen LogP contribution < -0.4 is 5.32 Å². The van der Waals surface area contributed by atoms with Gasteiger partial charge < -0.3 is 10.2 Å². The Morgan fingerprint density at radius 1 is 1.12 bits per heavy atom. The first-order valence-electron chi connectivity index (χ1n) is 8.44. The van der Waals surface area contributed by atoms with E-state index in [1.165, 1.54) is 0 Å². The number of rotatable bonds is 3. The fraction of sp³-hybridized carbons (Fsp3) is 0.300. The lowest BCUT2D eigenvalue weighted by molar-refractivity contribution is -0.131. The Hall–Kier alpha value is -1.91. The quantitative estimate of drug-likeness (QED) is 0.768. The molecule has 0 saturated heterocycles.